The third-order valence-corrected chi connectivity index (χ3v) is 2.36. The van der Waals surface area contributed by atoms with Crippen LogP contribution in [0.5, 0.6) is 5.88 Å². The maximum atomic E-state index is 5.10. The molecule has 1 N–H and O–H groups in total. The van der Waals surface area contributed by atoms with Crippen LogP contribution in [0.1, 0.15) is 18.5 Å². The monoisotopic (exact) mass is 238 g/mol. The Balaban J connectivity index is 2.33. The first kappa shape index (κ1) is 13.7. The van der Waals surface area contributed by atoms with Gasteiger partial charge in [0, 0.05) is 18.3 Å². The summed E-state index contributed by atoms with van der Waals surface area (Å²) in [6, 6.07) is 1.82. The molecule has 0 spiro atoms. The molecule has 0 aliphatic heterocycles. The molecule has 0 aliphatic carbocycles. The van der Waals surface area contributed by atoms with Crippen molar-refractivity contribution in [2.24, 2.45) is 0 Å². The molecule has 1 rings (SSSR count). The van der Waals surface area contributed by atoms with Gasteiger partial charge in [-0.05, 0) is 40.4 Å². The van der Waals surface area contributed by atoms with E-state index in [0.717, 1.165) is 25.2 Å². The number of methoxy groups -OCH3 is 1. The Morgan fingerprint density at radius 3 is 2.71 bits per heavy atom. The normalized spacial score (nSPS) is 10.6. The Morgan fingerprint density at radius 1 is 1.29 bits per heavy atom. The van der Waals surface area contributed by atoms with Crippen LogP contribution in [0.3, 0.4) is 0 Å². The molecule has 0 saturated carbocycles. The predicted molar refractivity (Wildman–Crippen MR) is 69.6 cm³/mol. The van der Waals surface area contributed by atoms with Crippen molar-refractivity contribution in [1.29, 1.82) is 0 Å². The molecular formula is C12H22N4O. The summed E-state index contributed by atoms with van der Waals surface area (Å²) in [4.78, 5) is 10.7. The van der Waals surface area contributed by atoms with Crippen LogP contribution < -0.4 is 10.1 Å². The van der Waals surface area contributed by atoms with E-state index >= 15 is 0 Å². The van der Waals surface area contributed by atoms with E-state index in [1.807, 2.05) is 13.0 Å². The first-order valence-corrected chi connectivity index (χ1v) is 5.90. The Bertz CT molecular complexity index is 341. The van der Waals surface area contributed by atoms with Crippen molar-refractivity contribution >= 4 is 5.95 Å². The molecule has 0 aromatic carbocycles. The lowest BCUT2D eigenvalue weighted by Crippen LogP contribution is -2.14. The van der Waals surface area contributed by atoms with Gasteiger partial charge < -0.3 is 15.0 Å². The minimum Gasteiger partial charge on any atom is -0.481 e. The largest absolute Gasteiger partial charge is 0.481 e. The van der Waals surface area contributed by atoms with Crippen molar-refractivity contribution in [2.75, 3.05) is 39.6 Å². The van der Waals surface area contributed by atoms with E-state index in [9.17, 15) is 0 Å². The van der Waals surface area contributed by atoms with Crippen molar-refractivity contribution in [3.63, 3.8) is 0 Å². The molecule has 17 heavy (non-hydrogen) atoms. The molecule has 0 amide bonds. The highest BCUT2D eigenvalue weighted by Crippen LogP contribution is 2.11. The first-order chi connectivity index (χ1) is 8.11. The number of hydrogen-bond donors (Lipinski definition) is 1. The fraction of sp³-hybridized carbons (Fsp3) is 0.667. The summed E-state index contributed by atoms with van der Waals surface area (Å²) in [7, 11) is 5.78. The Morgan fingerprint density at radius 2 is 2.06 bits per heavy atom. The summed E-state index contributed by atoms with van der Waals surface area (Å²) in [6.45, 7) is 3.93. The second-order valence-corrected chi connectivity index (χ2v) is 4.31. The molecule has 96 valence electrons. The van der Waals surface area contributed by atoms with E-state index in [4.69, 9.17) is 4.74 Å². The molecule has 0 unspecified atom stereocenters. The van der Waals surface area contributed by atoms with E-state index in [-0.39, 0.29) is 0 Å². The summed E-state index contributed by atoms with van der Waals surface area (Å²) in [5, 5.41) is 3.21. The van der Waals surface area contributed by atoms with E-state index in [1.54, 1.807) is 7.11 Å². The van der Waals surface area contributed by atoms with Gasteiger partial charge in [0.2, 0.25) is 11.8 Å². The summed E-state index contributed by atoms with van der Waals surface area (Å²) >= 11 is 0. The van der Waals surface area contributed by atoms with Crippen LogP contribution in [0.15, 0.2) is 6.07 Å². The third-order valence-electron chi connectivity index (χ3n) is 2.36. The quantitative estimate of drug-likeness (QED) is 0.730. The molecular weight excluding hydrogens is 216 g/mol. The highest BCUT2D eigenvalue weighted by Gasteiger charge is 2.01. The molecule has 0 radical (unpaired) electrons. The SMILES string of the molecule is COc1cc(C)nc(NCCCCN(C)C)n1. The molecule has 0 atom stereocenters. The van der Waals surface area contributed by atoms with Gasteiger partial charge in [0.15, 0.2) is 0 Å². The van der Waals surface area contributed by atoms with Gasteiger partial charge in [0.05, 0.1) is 7.11 Å². The number of rotatable bonds is 7. The van der Waals surface area contributed by atoms with Crippen molar-refractivity contribution < 1.29 is 4.74 Å². The molecule has 0 saturated heterocycles. The maximum Gasteiger partial charge on any atom is 0.226 e. The van der Waals surface area contributed by atoms with Crippen molar-refractivity contribution in [3.8, 4) is 5.88 Å². The Labute approximate surface area is 103 Å². The minimum atomic E-state index is 0.605. The number of nitrogens with zero attached hydrogens (tertiary/aromatic N) is 3. The van der Waals surface area contributed by atoms with Gasteiger partial charge in [0.25, 0.3) is 0 Å². The Hall–Kier alpha value is -1.36. The second kappa shape index (κ2) is 7.06. The number of nitrogens with one attached hydrogen (secondary N) is 1. The fourth-order valence-corrected chi connectivity index (χ4v) is 1.48. The lowest BCUT2D eigenvalue weighted by molar-refractivity contribution is 0.395. The first-order valence-electron chi connectivity index (χ1n) is 5.90. The summed E-state index contributed by atoms with van der Waals surface area (Å²) < 4.78 is 5.10. The zero-order chi connectivity index (χ0) is 12.7. The van der Waals surface area contributed by atoms with E-state index in [1.165, 1.54) is 6.42 Å². The third kappa shape index (κ3) is 5.49. The minimum absolute atomic E-state index is 0.605. The molecule has 1 aromatic heterocycles. The van der Waals surface area contributed by atoms with E-state index < -0.39 is 0 Å². The fourth-order valence-electron chi connectivity index (χ4n) is 1.48. The number of anilines is 1. The van der Waals surface area contributed by atoms with Gasteiger partial charge in [-0.1, -0.05) is 0 Å². The van der Waals surface area contributed by atoms with Crippen LogP contribution in [0.25, 0.3) is 0 Å². The number of unbranched alkanes of at least 4 members (excludes halogenated alkanes) is 1. The molecule has 0 fully saturated rings. The summed E-state index contributed by atoms with van der Waals surface area (Å²) in [5.74, 6) is 1.25. The van der Waals surface area contributed by atoms with Crippen molar-refractivity contribution in [2.45, 2.75) is 19.8 Å². The number of hydrogen-bond acceptors (Lipinski definition) is 5. The van der Waals surface area contributed by atoms with Gasteiger partial charge in [0.1, 0.15) is 0 Å². The smallest absolute Gasteiger partial charge is 0.226 e. The van der Waals surface area contributed by atoms with Crippen LogP contribution >= 0.6 is 0 Å². The lowest BCUT2D eigenvalue weighted by atomic mass is 10.3. The van der Waals surface area contributed by atoms with Crippen LogP contribution in [-0.2, 0) is 0 Å². The molecule has 0 aliphatic rings. The number of ether oxygens (including phenoxy) is 1. The highest BCUT2D eigenvalue weighted by molar-refractivity contribution is 5.30. The van der Waals surface area contributed by atoms with Gasteiger partial charge in [-0.3, -0.25) is 0 Å². The molecule has 1 heterocycles. The lowest BCUT2D eigenvalue weighted by Gasteiger charge is -2.10. The molecule has 1 aromatic rings. The maximum absolute atomic E-state index is 5.10. The van der Waals surface area contributed by atoms with Crippen molar-refractivity contribution in [3.05, 3.63) is 11.8 Å². The topological polar surface area (TPSA) is 50.3 Å². The summed E-state index contributed by atoms with van der Waals surface area (Å²) in [5.41, 5.74) is 0.910. The molecule has 5 heteroatoms. The standard InChI is InChI=1S/C12H22N4O/c1-10-9-11(17-4)15-12(14-10)13-7-5-6-8-16(2)3/h9H,5-8H2,1-4H3,(H,13,14,15). The van der Waals surface area contributed by atoms with E-state index in [2.05, 4.69) is 34.3 Å². The van der Waals surface area contributed by atoms with Gasteiger partial charge in [-0.25, -0.2) is 4.98 Å². The van der Waals surface area contributed by atoms with E-state index in [0.29, 0.717) is 11.8 Å². The van der Waals surface area contributed by atoms with Crippen LogP contribution in [0.2, 0.25) is 0 Å². The van der Waals surface area contributed by atoms with Gasteiger partial charge >= 0.3 is 0 Å². The van der Waals surface area contributed by atoms with Crippen LogP contribution in [-0.4, -0.2) is 49.2 Å². The second-order valence-electron chi connectivity index (χ2n) is 4.31. The van der Waals surface area contributed by atoms with Crippen LogP contribution in [0.4, 0.5) is 5.95 Å². The molecule has 0 bridgehead atoms. The van der Waals surface area contributed by atoms with Crippen molar-refractivity contribution in [1.82, 2.24) is 14.9 Å². The number of aryl methyl sites for hydroxylation is 1. The zero-order valence-electron chi connectivity index (χ0n) is 11.2. The molecule has 5 nitrogen and oxygen atoms in total. The summed E-state index contributed by atoms with van der Waals surface area (Å²) in [6.07, 6.45) is 2.28. The average molecular weight is 238 g/mol. The number of aromatic nitrogens is 2. The Kier molecular flexibility index (Phi) is 5.69. The average Bonchev–Trinajstić information content (AvgIpc) is 2.27. The zero-order valence-corrected chi connectivity index (χ0v) is 11.2. The van der Waals surface area contributed by atoms with Gasteiger partial charge in [-0.2, -0.15) is 4.98 Å². The predicted octanol–water partition coefficient (Wildman–Crippen LogP) is 1.55. The van der Waals surface area contributed by atoms with Crippen LogP contribution in [0, 0.1) is 6.92 Å². The highest BCUT2D eigenvalue weighted by atomic mass is 16.5. The van der Waals surface area contributed by atoms with Gasteiger partial charge in [-0.15, -0.1) is 0 Å².